The lowest BCUT2D eigenvalue weighted by atomic mass is 10.2. The largest absolute Gasteiger partial charge is 0.480 e. The van der Waals surface area contributed by atoms with Crippen molar-refractivity contribution in [2.45, 2.75) is 18.9 Å². The lowest BCUT2D eigenvalue weighted by molar-refractivity contribution is -0.139. The maximum absolute atomic E-state index is 11.2. The molecule has 0 aromatic rings. The van der Waals surface area contributed by atoms with Gasteiger partial charge in [0.05, 0.1) is 0 Å². The van der Waals surface area contributed by atoms with Crippen LogP contribution < -0.4 is 10.6 Å². The normalized spacial score (nSPS) is 11.2. The number of rotatable bonds is 7. The average Bonchev–Trinajstić information content (AvgIpc) is 2.17. The maximum atomic E-state index is 11.2. The number of carboxylic acids is 1. The highest BCUT2D eigenvalue weighted by atomic mass is 16.4. The van der Waals surface area contributed by atoms with E-state index in [1.54, 1.807) is 6.08 Å². The third-order valence-electron chi connectivity index (χ3n) is 1.64. The first-order valence-corrected chi connectivity index (χ1v) is 4.60. The van der Waals surface area contributed by atoms with Gasteiger partial charge in [-0.15, -0.1) is 13.2 Å². The van der Waals surface area contributed by atoms with Crippen LogP contribution in [0.1, 0.15) is 12.8 Å². The molecule has 0 saturated heterocycles. The summed E-state index contributed by atoms with van der Waals surface area (Å²) >= 11 is 0. The highest BCUT2D eigenvalue weighted by Crippen LogP contribution is 1.92. The van der Waals surface area contributed by atoms with Crippen LogP contribution in [0.25, 0.3) is 0 Å². The van der Waals surface area contributed by atoms with Crippen molar-refractivity contribution in [3.8, 4) is 0 Å². The molecule has 0 aliphatic carbocycles. The fraction of sp³-hybridized carbons (Fsp3) is 0.400. The van der Waals surface area contributed by atoms with Gasteiger partial charge in [-0.1, -0.05) is 12.2 Å². The van der Waals surface area contributed by atoms with Crippen molar-refractivity contribution in [2.75, 3.05) is 6.54 Å². The van der Waals surface area contributed by atoms with E-state index < -0.39 is 18.0 Å². The smallest absolute Gasteiger partial charge is 0.326 e. The fourth-order valence-electron chi connectivity index (χ4n) is 0.885. The van der Waals surface area contributed by atoms with Crippen LogP contribution in [0.4, 0.5) is 4.79 Å². The van der Waals surface area contributed by atoms with Gasteiger partial charge < -0.3 is 15.7 Å². The Kier molecular flexibility index (Phi) is 6.70. The maximum Gasteiger partial charge on any atom is 0.326 e. The Morgan fingerprint density at radius 1 is 1.33 bits per heavy atom. The van der Waals surface area contributed by atoms with Crippen molar-refractivity contribution >= 4 is 12.0 Å². The molecule has 5 heteroatoms. The number of urea groups is 1. The van der Waals surface area contributed by atoms with E-state index in [0.29, 0.717) is 13.0 Å². The number of carbonyl (C=O) groups excluding carboxylic acids is 1. The zero-order valence-electron chi connectivity index (χ0n) is 8.53. The zero-order chi connectivity index (χ0) is 11.7. The first-order chi connectivity index (χ1) is 7.11. The SMILES string of the molecule is C=CCCNC(=O)NC(CC=C)C(=O)O. The monoisotopic (exact) mass is 212 g/mol. The average molecular weight is 212 g/mol. The summed E-state index contributed by atoms with van der Waals surface area (Å²) in [4.78, 5) is 21.8. The van der Waals surface area contributed by atoms with Gasteiger partial charge in [0.25, 0.3) is 0 Å². The quantitative estimate of drug-likeness (QED) is 0.433. The van der Waals surface area contributed by atoms with E-state index in [-0.39, 0.29) is 6.42 Å². The molecule has 0 radical (unpaired) electrons. The minimum Gasteiger partial charge on any atom is -0.480 e. The van der Waals surface area contributed by atoms with Gasteiger partial charge in [0.1, 0.15) is 6.04 Å². The second kappa shape index (κ2) is 7.61. The first-order valence-electron chi connectivity index (χ1n) is 4.60. The lowest BCUT2D eigenvalue weighted by Gasteiger charge is -2.12. The Labute approximate surface area is 88.9 Å². The van der Waals surface area contributed by atoms with Gasteiger partial charge in [0.15, 0.2) is 0 Å². The molecule has 2 amide bonds. The van der Waals surface area contributed by atoms with Crippen LogP contribution in [0.5, 0.6) is 0 Å². The second-order valence-electron chi connectivity index (χ2n) is 2.89. The fourth-order valence-corrected chi connectivity index (χ4v) is 0.885. The van der Waals surface area contributed by atoms with Gasteiger partial charge >= 0.3 is 12.0 Å². The molecule has 0 bridgehead atoms. The van der Waals surface area contributed by atoms with E-state index in [4.69, 9.17) is 5.11 Å². The van der Waals surface area contributed by atoms with Gasteiger partial charge in [-0.25, -0.2) is 9.59 Å². The Balaban J connectivity index is 3.93. The van der Waals surface area contributed by atoms with Crippen molar-refractivity contribution in [2.24, 2.45) is 0 Å². The third-order valence-corrected chi connectivity index (χ3v) is 1.64. The predicted molar refractivity (Wildman–Crippen MR) is 57.6 cm³/mol. The highest BCUT2D eigenvalue weighted by molar-refractivity contribution is 5.82. The molecule has 0 fully saturated rings. The molecule has 0 spiro atoms. The third kappa shape index (κ3) is 6.31. The molecule has 0 rings (SSSR count). The van der Waals surface area contributed by atoms with E-state index in [9.17, 15) is 9.59 Å². The van der Waals surface area contributed by atoms with Gasteiger partial charge in [-0.2, -0.15) is 0 Å². The summed E-state index contributed by atoms with van der Waals surface area (Å²) in [5, 5.41) is 13.5. The number of carbonyl (C=O) groups is 2. The van der Waals surface area contributed by atoms with Crippen LogP contribution in [0.2, 0.25) is 0 Å². The molecule has 1 atom stereocenters. The van der Waals surface area contributed by atoms with Crippen LogP contribution in [-0.4, -0.2) is 29.7 Å². The van der Waals surface area contributed by atoms with Crippen molar-refractivity contribution < 1.29 is 14.7 Å². The molecule has 0 saturated carbocycles. The standard InChI is InChI=1S/C10H16N2O3/c1-3-5-7-11-10(15)12-8(6-4-2)9(13)14/h3-4,8H,1-2,5-7H2,(H,13,14)(H2,11,12,15). The van der Waals surface area contributed by atoms with Gasteiger partial charge in [-0.05, 0) is 12.8 Å². The van der Waals surface area contributed by atoms with E-state index in [0.717, 1.165) is 0 Å². The number of nitrogens with one attached hydrogen (secondary N) is 2. The van der Waals surface area contributed by atoms with Gasteiger partial charge in [-0.3, -0.25) is 0 Å². The van der Waals surface area contributed by atoms with E-state index in [1.165, 1.54) is 6.08 Å². The summed E-state index contributed by atoms with van der Waals surface area (Å²) in [6.45, 7) is 7.35. The Bertz CT molecular complexity index is 251. The van der Waals surface area contributed by atoms with Crippen molar-refractivity contribution in [1.82, 2.24) is 10.6 Å². The lowest BCUT2D eigenvalue weighted by Crippen LogP contribution is -2.45. The summed E-state index contributed by atoms with van der Waals surface area (Å²) in [6.07, 6.45) is 3.96. The number of hydrogen-bond donors (Lipinski definition) is 3. The minimum absolute atomic E-state index is 0.199. The number of aliphatic carboxylic acids is 1. The molecule has 0 aromatic carbocycles. The summed E-state index contributed by atoms with van der Waals surface area (Å²) < 4.78 is 0. The molecule has 0 aromatic heterocycles. The number of amides is 2. The summed E-state index contributed by atoms with van der Waals surface area (Å²) in [5.74, 6) is -1.08. The zero-order valence-corrected chi connectivity index (χ0v) is 8.53. The molecule has 15 heavy (non-hydrogen) atoms. The van der Waals surface area contributed by atoms with Gasteiger partial charge in [0.2, 0.25) is 0 Å². The second-order valence-corrected chi connectivity index (χ2v) is 2.89. The summed E-state index contributed by atoms with van der Waals surface area (Å²) in [6, 6.07) is -1.42. The topological polar surface area (TPSA) is 78.4 Å². The summed E-state index contributed by atoms with van der Waals surface area (Å²) in [5.41, 5.74) is 0. The molecule has 0 heterocycles. The van der Waals surface area contributed by atoms with Crippen LogP contribution >= 0.6 is 0 Å². The Morgan fingerprint density at radius 3 is 2.47 bits per heavy atom. The van der Waals surface area contributed by atoms with Crippen LogP contribution in [0.3, 0.4) is 0 Å². The molecule has 0 aliphatic rings. The molecular weight excluding hydrogens is 196 g/mol. The Hall–Kier alpha value is -1.78. The Morgan fingerprint density at radius 2 is 2.00 bits per heavy atom. The molecular formula is C10H16N2O3. The van der Waals surface area contributed by atoms with E-state index in [1.807, 2.05) is 0 Å². The molecule has 3 N–H and O–H groups in total. The molecule has 0 aliphatic heterocycles. The first kappa shape index (κ1) is 13.2. The van der Waals surface area contributed by atoms with Crippen molar-refractivity contribution in [3.05, 3.63) is 25.3 Å². The van der Waals surface area contributed by atoms with Crippen LogP contribution in [0.15, 0.2) is 25.3 Å². The van der Waals surface area contributed by atoms with Crippen LogP contribution in [-0.2, 0) is 4.79 Å². The molecule has 1 unspecified atom stereocenters. The molecule has 84 valence electrons. The van der Waals surface area contributed by atoms with E-state index >= 15 is 0 Å². The molecule has 5 nitrogen and oxygen atoms in total. The summed E-state index contributed by atoms with van der Waals surface area (Å²) in [7, 11) is 0. The van der Waals surface area contributed by atoms with Crippen molar-refractivity contribution in [3.63, 3.8) is 0 Å². The highest BCUT2D eigenvalue weighted by Gasteiger charge is 2.17. The number of hydrogen-bond acceptors (Lipinski definition) is 2. The van der Waals surface area contributed by atoms with Crippen molar-refractivity contribution in [1.29, 1.82) is 0 Å². The van der Waals surface area contributed by atoms with Gasteiger partial charge in [0, 0.05) is 6.54 Å². The predicted octanol–water partition coefficient (Wildman–Crippen LogP) is 0.891. The number of carboxylic acid groups (broad SMARTS) is 1. The minimum atomic E-state index is -1.08. The van der Waals surface area contributed by atoms with Crippen LogP contribution in [0, 0.1) is 0 Å². The van der Waals surface area contributed by atoms with E-state index in [2.05, 4.69) is 23.8 Å².